The SMILES string of the molecule is CN(C(=O)O)C(=O)C=Cc1ccccc1. The third-order valence-electron chi connectivity index (χ3n) is 1.84. The quantitative estimate of drug-likeness (QED) is 0.749. The van der Waals surface area contributed by atoms with Crippen LogP contribution in [0.1, 0.15) is 5.56 Å². The van der Waals surface area contributed by atoms with Crippen LogP contribution in [0, 0.1) is 0 Å². The number of likely N-dealkylation sites (N-methyl/N-ethyl adjacent to an activating group) is 1. The van der Waals surface area contributed by atoms with E-state index in [9.17, 15) is 9.59 Å². The van der Waals surface area contributed by atoms with Crippen molar-refractivity contribution in [2.24, 2.45) is 0 Å². The van der Waals surface area contributed by atoms with Crippen LogP contribution in [-0.2, 0) is 4.79 Å². The fourth-order valence-corrected chi connectivity index (χ4v) is 0.938. The molecule has 0 spiro atoms. The van der Waals surface area contributed by atoms with Crippen molar-refractivity contribution in [3.05, 3.63) is 42.0 Å². The molecule has 78 valence electrons. The first-order chi connectivity index (χ1) is 7.11. The van der Waals surface area contributed by atoms with Crippen molar-refractivity contribution in [2.45, 2.75) is 0 Å². The van der Waals surface area contributed by atoms with Gasteiger partial charge in [-0.2, -0.15) is 0 Å². The number of hydrogen-bond acceptors (Lipinski definition) is 2. The molecule has 0 atom stereocenters. The third kappa shape index (κ3) is 3.27. The van der Waals surface area contributed by atoms with Crippen molar-refractivity contribution in [2.75, 3.05) is 7.05 Å². The predicted octanol–water partition coefficient (Wildman–Crippen LogP) is 1.84. The summed E-state index contributed by atoms with van der Waals surface area (Å²) in [5.74, 6) is -0.564. The topological polar surface area (TPSA) is 57.6 Å². The Balaban J connectivity index is 2.67. The molecule has 0 saturated carbocycles. The molecule has 0 heterocycles. The van der Waals surface area contributed by atoms with Crippen molar-refractivity contribution >= 4 is 18.1 Å². The molecule has 4 nitrogen and oxygen atoms in total. The zero-order valence-corrected chi connectivity index (χ0v) is 8.25. The number of carbonyl (C=O) groups is 2. The van der Waals surface area contributed by atoms with E-state index in [1.165, 1.54) is 13.1 Å². The third-order valence-corrected chi connectivity index (χ3v) is 1.84. The molecular weight excluding hydrogens is 194 g/mol. The molecule has 0 unspecified atom stereocenters. The van der Waals surface area contributed by atoms with Crippen LogP contribution in [0.3, 0.4) is 0 Å². The van der Waals surface area contributed by atoms with Crippen molar-refractivity contribution in [1.82, 2.24) is 4.90 Å². The number of nitrogens with zero attached hydrogens (tertiary/aromatic N) is 1. The summed E-state index contributed by atoms with van der Waals surface area (Å²) in [5, 5.41) is 8.52. The molecule has 0 saturated heterocycles. The monoisotopic (exact) mass is 205 g/mol. The number of carboxylic acid groups (broad SMARTS) is 1. The molecule has 1 N–H and O–H groups in total. The summed E-state index contributed by atoms with van der Waals surface area (Å²) in [5.41, 5.74) is 0.852. The Morgan fingerprint density at radius 2 is 1.87 bits per heavy atom. The largest absolute Gasteiger partial charge is 0.465 e. The number of benzene rings is 1. The van der Waals surface area contributed by atoms with Gasteiger partial charge in [0.05, 0.1) is 0 Å². The Kier molecular flexibility index (Phi) is 3.62. The molecule has 0 aliphatic rings. The average Bonchev–Trinajstić information content (AvgIpc) is 2.26. The van der Waals surface area contributed by atoms with Crippen molar-refractivity contribution in [3.63, 3.8) is 0 Å². The van der Waals surface area contributed by atoms with Gasteiger partial charge in [0, 0.05) is 13.1 Å². The van der Waals surface area contributed by atoms with Gasteiger partial charge in [0.1, 0.15) is 0 Å². The van der Waals surface area contributed by atoms with Crippen LogP contribution < -0.4 is 0 Å². The standard InChI is InChI=1S/C11H11NO3/c1-12(11(14)15)10(13)8-7-9-5-3-2-4-6-9/h2-8H,1H3,(H,14,15). The summed E-state index contributed by atoms with van der Waals surface area (Å²) in [6, 6.07) is 9.19. The van der Waals surface area contributed by atoms with Crippen LogP contribution in [0.4, 0.5) is 4.79 Å². The lowest BCUT2D eigenvalue weighted by Crippen LogP contribution is -2.29. The molecule has 0 bridgehead atoms. The first-order valence-electron chi connectivity index (χ1n) is 4.35. The van der Waals surface area contributed by atoms with Gasteiger partial charge in [0.25, 0.3) is 5.91 Å². The summed E-state index contributed by atoms with van der Waals surface area (Å²) in [6.07, 6.45) is 1.53. The lowest BCUT2D eigenvalue weighted by atomic mass is 10.2. The highest BCUT2D eigenvalue weighted by atomic mass is 16.4. The van der Waals surface area contributed by atoms with Gasteiger partial charge in [0.15, 0.2) is 0 Å². The second kappa shape index (κ2) is 4.95. The predicted molar refractivity (Wildman–Crippen MR) is 56.3 cm³/mol. The maximum atomic E-state index is 11.2. The summed E-state index contributed by atoms with van der Waals surface area (Å²) in [7, 11) is 1.21. The van der Waals surface area contributed by atoms with E-state index in [0.29, 0.717) is 4.90 Å². The minimum absolute atomic E-state index is 0.564. The van der Waals surface area contributed by atoms with Gasteiger partial charge in [-0.15, -0.1) is 0 Å². The number of hydrogen-bond donors (Lipinski definition) is 1. The number of imide groups is 1. The van der Waals surface area contributed by atoms with Crippen LogP contribution in [0.2, 0.25) is 0 Å². The average molecular weight is 205 g/mol. The second-order valence-electron chi connectivity index (χ2n) is 2.92. The van der Waals surface area contributed by atoms with E-state index in [2.05, 4.69) is 0 Å². The number of amides is 2. The summed E-state index contributed by atoms with van der Waals surface area (Å²) >= 11 is 0. The molecule has 0 radical (unpaired) electrons. The molecule has 0 fully saturated rings. The van der Waals surface area contributed by atoms with Gasteiger partial charge in [-0.3, -0.25) is 4.79 Å². The lowest BCUT2D eigenvalue weighted by Gasteiger charge is -2.06. The Morgan fingerprint density at radius 3 is 2.40 bits per heavy atom. The van der Waals surface area contributed by atoms with Crippen LogP contribution in [-0.4, -0.2) is 29.1 Å². The van der Waals surface area contributed by atoms with Crippen LogP contribution in [0.25, 0.3) is 6.08 Å². The molecule has 1 rings (SSSR count). The molecule has 0 aliphatic heterocycles. The minimum Gasteiger partial charge on any atom is -0.465 e. The smallest absolute Gasteiger partial charge is 0.414 e. The lowest BCUT2D eigenvalue weighted by molar-refractivity contribution is -0.122. The fourth-order valence-electron chi connectivity index (χ4n) is 0.938. The van der Waals surface area contributed by atoms with E-state index < -0.39 is 12.0 Å². The Morgan fingerprint density at radius 1 is 1.27 bits per heavy atom. The van der Waals surface area contributed by atoms with Crippen molar-refractivity contribution in [3.8, 4) is 0 Å². The molecule has 1 aromatic rings. The van der Waals surface area contributed by atoms with Gasteiger partial charge in [-0.05, 0) is 11.6 Å². The minimum atomic E-state index is -1.27. The van der Waals surface area contributed by atoms with Crippen molar-refractivity contribution in [1.29, 1.82) is 0 Å². The van der Waals surface area contributed by atoms with Gasteiger partial charge in [0.2, 0.25) is 0 Å². The Labute approximate surface area is 87.4 Å². The van der Waals surface area contributed by atoms with Crippen LogP contribution in [0.5, 0.6) is 0 Å². The van der Waals surface area contributed by atoms with E-state index in [-0.39, 0.29) is 0 Å². The zero-order valence-electron chi connectivity index (χ0n) is 8.25. The van der Waals surface area contributed by atoms with E-state index >= 15 is 0 Å². The zero-order chi connectivity index (χ0) is 11.3. The van der Waals surface area contributed by atoms with E-state index in [0.717, 1.165) is 5.56 Å². The van der Waals surface area contributed by atoms with Gasteiger partial charge < -0.3 is 5.11 Å². The molecule has 15 heavy (non-hydrogen) atoms. The summed E-state index contributed by atoms with van der Waals surface area (Å²) in [4.78, 5) is 22.3. The van der Waals surface area contributed by atoms with Gasteiger partial charge in [-0.25, -0.2) is 9.69 Å². The first kappa shape index (κ1) is 11.0. The Bertz CT molecular complexity index is 384. The molecular formula is C11H11NO3. The molecule has 2 amide bonds. The number of carbonyl (C=O) groups excluding carboxylic acids is 1. The highest BCUT2D eigenvalue weighted by Gasteiger charge is 2.11. The molecule has 0 aromatic heterocycles. The molecule has 4 heteroatoms. The molecule has 0 aliphatic carbocycles. The van der Waals surface area contributed by atoms with Gasteiger partial charge in [-0.1, -0.05) is 30.3 Å². The normalized spacial score (nSPS) is 10.2. The van der Waals surface area contributed by atoms with Gasteiger partial charge >= 0.3 is 6.09 Å². The number of rotatable bonds is 2. The maximum absolute atomic E-state index is 11.2. The summed E-state index contributed by atoms with van der Waals surface area (Å²) < 4.78 is 0. The molecule has 1 aromatic carbocycles. The van der Waals surface area contributed by atoms with E-state index in [1.807, 2.05) is 30.3 Å². The second-order valence-corrected chi connectivity index (χ2v) is 2.92. The first-order valence-corrected chi connectivity index (χ1v) is 4.35. The fraction of sp³-hybridized carbons (Fsp3) is 0.0909. The van der Waals surface area contributed by atoms with Crippen molar-refractivity contribution < 1.29 is 14.7 Å². The van der Waals surface area contributed by atoms with Crippen LogP contribution in [0.15, 0.2) is 36.4 Å². The highest BCUT2D eigenvalue weighted by molar-refractivity contribution is 6.00. The van der Waals surface area contributed by atoms with E-state index in [1.54, 1.807) is 6.08 Å². The van der Waals surface area contributed by atoms with Crippen LogP contribution >= 0.6 is 0 Å². The maximum Gasteiger partial charge on any atom is 0.414 e. The Hall–Kier alpha value is -2.10. The highest BCUT2D eigenvalue weighted by Crippen LogP contribution is 2.01. The van der Waals surface area contributed by atoms with E-state index in [4.69, 9.17) is 5.11 Å². The summed E-state index contributed by atoms with van der Waals surface area (Å²) in [6.45, 7) is 0.